The highest BCUT2D eigenvalue weighted by atomic mass is 35.5. The highest BCUT2D eigenvalue weighted by molar-refractivity contribution is 7.80. The fraction of sp³-hybridized carbons (Fsp3) is 0.375. The maximum atomic E-state index is 12.2. The van der Waals surface area contributed by atoms with Gasteiger partial charge in [0.05, 0.1) is 37.0 Å². The second kappa shape index (κ2) is 6.86. The summed E-state index contributed by atoms with van der Waals surface area (Å²) in [6.07, 6.45) is 0.780. The Hall–Kier alpha value is -1.99. The minimum atomic E-state index is -0.485. The average Bonchev–Trinajstić information content (AvgIpc) is 2.79. The fourth-order valence-electron chi connectivity index (χ4n) is 2.74. The van der Waals surface area contributed by atoms with E-state index in [4.69, 9.17) is 38.0 Å². The summed E-state index contributed by atoms with van der Waals surface area (Å²) in [4.78, 5) is 12.2. The van der Waals surface area contributed by atoms with Crippen LogP contribution in [0.2, 0.25) is 5.02 Å². The Morgan fingerprint density at radius 3 is 2.88 bits per heavy atom. The van der Waals surface area contributed by atoms with Crippen molar-refractivity contribution < 1.29 is 19.0 Å². The fourth-order valence-corrected chi connectivity index (χ4v) is 3.29. The standard InChI is InChI=1S/C16H17ClN2O4S/c1-8-12(15(20)21-2)13(19-16(24)18-8)9-6-10(17)14-11(7-9)22-4-3-5-23-14/h6-7,13H,3-5H2,1-2H3,(H2,18,19,24). The van der Waals surface area contributed by atoms with E-state index in [1.54, 1.807) is 13.0 Å². The van der Waals surface area contributed by atoms with Crippen LogP contribution >= 0.6 is 23.8 Å². The molecule has 1 atom stereocenters. The van der Waals surface area contributed by atoms with Gasteiger partial charge >= 0.3 is 5.97 Å². The number of nitrogens with one attached hydrogen (secondary N) is 2. The lowest BCUT2D eigenvalue weighted by Gasteiger charge is -2.30. The van der Waals surface area contributed by atoms with Crippen molar-refractivity contribution in [1.82, 2.24) is 10.6 Å². The molecule has 1 unspecified atom stereocenters. The lowest BCUT2D eigenvalue weighted by atomic mass is 9.95. The summed E-state index contributed by atoms with van der Waals surface area (Å²) in [6, 6.07) is 3.08. The smallest absolute Gasteiger partial charge is 0.337 e. The van der Waals surface area contributed by atoms with Crippen molar-refractivity contribution in [2.75, 3.05) is 20.3 Å². The molecule has 0 saturated heterocycles. The molecule has 0 spiro atoms. The van der Waals surface area contributed by atoms with Gasteiger partial charge in [0.2, 0.25) is 0 Å². The molecule has 24 heavy (non-hydrogen) atoms. The van der Waals surface area contributed by atoms with E-state index in [0.29, 0.717) is 46.1 Å². The van der Waals surface area contributed by atoms with E-state index in [1.807, 2.05) is 6.07 Å². The lowest BCUT2D eigenvalue weighted by Crippen LogP contribution is -2.45. The van der Waals surface area contributed by atoms with Crippen molar-refractivity contribution in [2.24, 2.45) is 0 Å². The molecule has 1 aromatic rings. The summed E-state index contributed by atoms with van der Waals surface area (Å²) in [7, 11) is 1.34. The molecule has 6 nitrogen and oxygen atoms in total. The van der Waals surface area contributed by atoms with Gasteiger partial charge in [-0.3, -0.25) is 0 Å². The van der Waals surface area contributed by atoms with Crippen LogP contribution in [0, 0.1) is 0 Å². The van der Waals surface area contributed by atoms with Gasteiger partial charge in [0.1, 0.15) is 0 Å². The van der Waals surface area contributed by atoms with Crippen molar-refractivity contribution in [3.05, 3.63) is 34.0 Å². The molecule has 8 heteroatoms. The van der Waals surface area contributed by atoms with E-state index in [1.165, 1.54) is 7.11 Å². The van der Waals surface area contributed by atoms with Crippen molar-refractivity contribution in [2.45, 2.75) is 19.4 Å². The number of carbonyl (C=O) groups is 1. The number of methoxy groups -OCH3 is 1. The monoisotopic (exact) mass is 368 g/mol. The average molecular weight is 369 g/mol. The van der Waals surface area contributed by atoms with Gasteiger partial charge in [-0.15, -0.1) is 0 Å². The molecular weight excluding hydrogens is 352 g/mol. The lowest BCUT2D eigenvalue weighted by molar-refractivity contribution is -0.136. The van der Waals surface area contributed by atoms with Crippen molar-refractivity contribution in [1.29, 1.82) is 0 Å². The minimum absolute atomic E-state index is 0.424. The van der Waals surface area contributed by atoms with Crippen LogP contribution in [-0.2, 0) is 9.53 Å². The Bertz CT molecular complexity index is 735. The summed E-state index contributed by atoms with van der Waals surface area (Å²) in [5, 5.41) is 6.88. The molecule has 0 bridgehead atoms. The van der Waals surface area contributed by atoms with Crippen LogP contribution < -0.4 is 20.1 Å². The number of hydrogen-bond acceptors (Lipinski definition) is 5. The Morgan fingerprint density at radius 1 is 1.38 bits per heavy atom. The number of rotatable bonds is 2. The van der Waals surface area contributed by atoms with E-state index in [0.717, 1.165) is 12.0 Å². The van der Waals surface area contributed by atoms with Gasteiger partial charge in [0.25, 0.3) is 0 Å². The molecule has 0 fully saturated rings. The maximum Gasteiger partial charge on any atom is 0.337 e. The molecule has 2 N–H and O–H groups in total. The van der Waals surface area contributed by atoms with Crippen molar-refractivity contribution >= 4 is 34.9 Å². The maximum absolute atomic E-state index is 12.2. The normalized spacial score (nSPS) is 20.0. The first kappa shape index (κ1) is 16.9. The zero-order valence-corrected chi connectivity index (χ0v) is 14.8. The minimum Gasteiger partial charge on any atom is -0.489 e. The third kappa shape index (κ3) is 3.14. The topological polar surface area (TPSA) is 68.8 Å². The van der Waals surface area contributed by atoms with Gasteiger partial charge in [0, 0.05) is 12.1 Å². The Kier molecular flexibility index (Phi) is 4.82. The Balaban J connectivity index is 2.07. The number of carbonyl (C=O) groups excluding carboxylic acids is 1. The molecule has 0 radical (unpaired) electrons. The van der Waals surface area contributed by atoms with Gasteiger partial charge in [-0.25, -0.2) is 4.79 Å². The number of esters is 1. The van der Waals surface area contributed by atoms with Crippen molar-refractivity contribution in [3.63, 3.8) is 0 Å². The third-order valence-electron chi connectivity index (χ3n) is 3.83. The molecule has 0 saturated carbocycles. The molecule has 0 aliphatic carbocycles. The van der Waals surface area contributed by atoms with Crippen LogP contribution in [0.3, 0.4) is 0 Å². The molecule has 2 aliphatic heterocycles. The molecule has 1 aromatic carbocycles. The molecule has 0 amide bonds. The number of benzene rings is 1. The second-order valence-corrected chi connectivity index (χ2v) is 6.26. The number of ether oxygens (including phenoxy) is 3. The first-order valence-electron chi connectivity index (χ1n) is 7.47. The largest absolute Gasteiger partial charge is 0.489 e. The number of allylic oxidation sites excluding steroid dienone is 1. The summed E-state index contributed by atoms with van der Waals surface area (Å²) in [5.74, 6) is 0.640. The Morgan fingerprint density at radius 2 is 2.12 bits per heavy atom. The highest BCUT2D eigenvalue weighted by Gasteiger charge is 2.32. The first-order valence-corrected chi connectivity index (χ1v) is 8.25. The van der Waals surface area contributed by atoms with Gasteiger partial charge in [-0.1, -0.05) is 11.6 Å². The number of fused-ring (bicyclic) bond motifs is 1. The summed E-state index contributed by atoms with van der Waals surface area (Å²) < 4.78 is 16.3. The van der Waals surface area contributed by atoms with Gasteiger partial charge < -0.3 is 24.8 Å². The van der Waals surface area contributed by atoms with Crippen LogP contribution in [0.4, 0.5) is 0 Å². The van der Waals surface area contributed by atoms with Crippen LogP contribution in [0.5, 0.6) is 11.5 Å². The molecule has 2 heterocycles. The predicted molar refractivity (Wildman–Crippen MR) is 93.4 cm³/mol. The predicted octanol–water partition coefficient (Wildman–Crippen LogP) is 2.47. The number of hydrogen-bond donors (Lipinski definition) is 2. The van der Waals surface area contributed by atoms with E-state index in [9.17, 15) is 4.79 Å². The second-order valence-electron chi connectivity index (χ2n) is 5.44. The quantitative estimate of drug-likeness (QED) is 0.614. The highest BCUT2D eigenvalue weighted by Crippen LogP contribution is 2.41. The number of halogens is 1. The van der Waals surface area contributed by atoms with Crippen LogP contribution in [0.25, 0.3) is 0 Å². The molecule has 0 aromatic heterocycles. The van der Waals surface area contributed by atoms with Gasteiger partial charge in [-0.2, -0.15) is 0 Å². The van der Waals surface area contributed by atoms with Crippen LogP contribution in [0.1, 0.15) is 24.9 Å². The molecule has 2 aliphatic rings. The summed E-state index contributed by atoms with van der Waals surface area (Å²) in [6.45, 7) is 2.87. The van der Waals surface area contributed by atoms with Gasteiger partial charge in [-0.05, 0) is 36.8 Å². The zero-order valence-electron chi connectivity index (χ0n) is 13.3. The molecular formula is C16H17ClN2O4S. The molecule has 3 rings (SSSR count). The summed E-state index contributed by atoms with van der Waals surface area (Å²) >= 11 is 11.6. The van der Waals surface area contributed by atoms with Crippen LogP contribution in [-0.4, -0.2) is 31.4 Å². The van der Waals surface area contributed by atoms with E-state index in [-0.39, 0.29) is 0 Å². The first-order chi connectivity index (χ1) is 11.5. The number of thiocarbonyl (C=S) groups is 1. The van der Waals surface area contributed by atoms with Gasteiger partial charge in [0.15, 0.2) is 16.6 Å². The molecule has 128 valence electrons. The summed E-state index contributed by atoms with van der Waals surface area (Å²) in [5.41, 5.74) is 1.82. The van der Waals surface area contributed by atoms with E-state index < -0.39 is 12.0 Å². The van der Waals surface area contributed by atoms with E-state index >= 15 is 0 Å². The SMILES string of the molecule is COC(=O)C1=C(C)NC(=S)NC1c1cc(Cl)c2c(c1)OCCCO2. The van der Waals surface area contributed by atoms with Crippen molar-refractivity contribution in [3.8, 4) is 11.5 Å². The third-order valence-corrected chi connectivity index (χ3v) is 4.33. The van der Waals surface area contributed by atoms with Crippen LogP contribution in [0.15, 0.2) is 23.4 Å². The van der Waals surface area contributed by atoms with E-state index in [2.05, 4.69) is 10.6 Å². The zero-order chi connectivity index (χ0) is 17.3. The Labute approximate surface area is 150 Å².